The summed E-state index contributed by atoms with van der Waals surface area (Å²) in [5.74, 6) is -2.28. The first kappa shape index (κ1) is 30.1. The van der Waals surface area contributed by atoms with E-state index >= 15 is 8.78 Å². The van der Waals surface area contributed by atoms with Crippen molar-refractivity contribution in [3.63, 3.8) is 0 Å². The van der Waals surface area contributed by atoms with Gasteiger partial charge in [0.1, 0.15) is 40.9 Å². The van der Waals surface area contributed by atoms with Crippen LogP contribution in [-0.2, 0) is 4.79 Å². The van der Waals surface area contributed by atoms with Gasteiger partial charge in [0.15, 0.2) is 18.1 Å². The van der Waals surface area contributed by atoms with Gasteiger partial charge >= 0.3 is 6.01 Å². The van der Waals surface area contributed by atoms with Gasteiger partial charge in [-0.25, -0.2) is 17.6 Å². The highest BCUT2D eigenvalue weighted by atomic mass is 32.1. The van der Waals surface area contributed by atoms with E-state index in [4.69, 9.17) is 15.2 Å². The molecule has 238 valence electrons. The molecular formula is C31H27F4N7O3S. The molecule has 0 spiro atoms. The number of hydrogen-bond donors (Lipinski definition) is 1. The molecule has 1 aromatic carbocycles. The third-order valence-electron chi connectivity index (χ3n) is 8.99. The number of benzene rings is 1. The van der Waals surface area contributed by atoms with Crippen LogP contribution in [0.5, 0.6) is 11.9 Å². The van der Waals surface area contributed by atoms with E-state index in [1.807, 2.05) is 11.0 Å². The van der Waals surface area contributed by atoms with Crippen molar-refractivity contribution in [1.29, 1.82) is 5.26 Å². The summed E-state index contributed by atoms with van der Waals surface area (Å²) in [5.41, 5.74) is 4.99. The fourth-order valence-electron chi connectivity index (χ4n) is 6.80. The zero-order valence-electron chi connectivity index (χ0n) is 24.3. The van der Waals surface area contributed by atoms with Crippen molar-refractivity contribution in [3.05, 3.63) is 48.2 Å². The highest BCUT2D eigenvalue weighted by Crippen LogP contribution is 2.43. The first-order valence-corrected chi connectivity index (χ1v) is 15.4. The van der Waals surface area contributed by atoms with Gasteiger partial charge in [-0.15, -0.1) is 11.3 Å². The lowest BCUT2D eigenvalue weighted by molar-refractivity contribution is -0.125. The smallest absolute Gasteiger partial charge is 0.320 e. The molecule has 10 nitrogen and oxygen atoms in total. The van der Waals surface area contributed by atoms with Gasteiger partial charge < -0.3 is 20.1 Å². The predicted octanol–water partition coefficient (Wildman–Crippen LogP) is 4.71. The topological polar surface area (TPSA) is 130 Å². The van der Waals surface area contributed by atoms with Crippen molar-refractivity contribution in [2.24, 2.45) is 0 Å². The molecule has 0 saturated carbocycles. The van der Waals surface area contributed by atoms with Gasteiger partial charge in [-0.05, 0) is 37.6 Å². The molecule has 6 heterocycles. The zero-order valence-corrected chi connectivity index (χ0v) is 25.1. The van der Waals surface area contributed by atoms with Gasteiger partial charge in [0.2, 0.25) is 11.8 Å². The second-order valence-corrected chi connectivity index (χ2v) is 12.8. The SMILES string of the molecule is C=CC(=O)N1C[C@H](Oc2nc(OC[C@@]34CCCN3C[C@H](F)C4)nc3c(F)c(-c4ccc(F)c5sc(N)c(C#N)c45)ncc23)[C@@H](F)C1. The Balaban J connectivity index is 1.33. The molecule has 1 amide bonds. The van der Waals surface area contributed by atoms with Gasteiger partial charge in [0, 0.05) is 30.1 Å². The van der Waals surface area contributed by atoms with E-state index in [1.54, 1.807) is 0 Å². The average Bonchev–Trinajstić information content (AvgIpc) is 3.77. The lowest BCUT2D eigenvalue weighted by Gasteiger charge is -2.30. The van der Waals surface area contributed by atoms with Gasteiger partial charge in [-0.2, -0.15) is 15.2 Å². The van der Waals surface area contributed by atoms with E-state index in [1.165, 1.54) is 17.2 Å². The Morgan fingerprint density at radius 2 is 2.09 bits per heavy atom. The second kappa shape index (κ2) is 11.4. The predicted molar refractivity (Wildman–Crippen MR) is 162 cm³/mol. The van der Waals surface area contributed by atoms with Crippen LogP contribution in [-0.4, -0.2) is 87.4 Å². The average molecular weight is 654 g/mol. The number of nitrogens with two attached hydrogens (primary N) is 1. The standard InChI is InChI=1S/C31H27F4N7O3S/c1-2-22(43)41-12-20(34)21(13-41)45-29-18-10-38-25(16-4-5-19(33)27-23(16)17(9-36)28(37)46-27)24(35)26(18)39-30(40-29)44-14-31-6-3-7-42(31)11-15(32)8-31/h2,4-5,10,15,20-21H,1,3,6-8,11-14,37H2/t15-,20+,21+,31+/m1/s1. The number of amides is 1. The van der Waals surface area contributed by atoms with Crippen LogP contribution >= 0.6 is 11.3 Å². The Hall–Kier alpha value is -4.55. The van der Waals surface area contributed by atoms with Gasteiger partial charge in [-0.1, -0.05) is 6.58 Å². The number of thiophene rings is 1. The fraction of sp³-hybridized carbons (Fsp3) is 0.387. The normalized spacial score (nSPS) is 24.4. The molecule has 0 radical (unpaired) electrons. The molecule has 46 heavy (non-hydrogen) atoms. The summed E-state index contributed by atoms with van der Waals surface area (Å²) in [6.45, 7) is 4.15. The molecule has 0 aliphatic carbocycles. The first-order valence-electron chi connectivity index (χ1n) is 14.6. The minimum absolute atomic E-state index is 0.0107. The maximum Gasteiger partial charge on any atom is 0.320 e. The van der Waals surface area contributed by atoms with E-state index in [2.05, 4.69) is 21.5 Å². The summed E-state index contributed by atoms with van der Waals surface area (Å²) < 4.78 is 72.7. The van der Waals surface area contributed by atoms with E-state index in [0.29, 0.717) is 13.0 Å². The number of ether oxygens (including phenoxy) is 2. The molecule has 2 N–H and O–H groups in total. The van der Waals surface area contributed by atoms with Crippen LogP contribution in [0, 0.1) is 23.0 Å². The molecule has 15 heteroatoms. The van der Waals surface area contributed by atoms with E-state index in [-0.39, 0.29) is 80.8 Å². The third-order valence-corrected chi connectivity index (χ3v) is 10.0. The molecule has 4 atom stereocenters. The molecule has 4 aromatic rings. The van der Waals surface area contributed by atoms with Crippen molar-refractivity contribution in [2.75, 3.05) is 38.5 Å². The molecule has 3 aliphatic rings. The summed E-state index contributed by atoms with van der Waals surface area (Å²) in [4.78, 5) is 28.4. The number of carbonyl (C=O) groups is 1. The molecule has 0 bridgehead atoms. The minimum atomic E-state index is -1.58. The maximum atomic E-state index is 16.5. The number of likely N-dealkylation sites (tertiary alicyclic amines) is 1. The number of nitrogen functional groups attached to an aromatic ring is 1. The van der Waals surface area contributed by atoms with Crippen molar-refractivity contribution in [3.8, 4) is 29.2 Å². The highest BCUT2D eigenvalue weighted by molar-refractivity contribution is 7.23. The minimum Gasteiger partial charge on any atom is -0.469 e. The van der Waals surface area contributed by atoms with E-state index < -0.39 is 41.5 Å². The van der Waals surface area contributed by atoms with Crippen LogP contribution in [0.2, 0.25) is 0 Å². The number of alkyl halides is 2. The number of pyridine rings is 1. The van der Waals surface area contributed by atoms with Crippen LogP contribution < -0.4 is 15.2 Å². The summed E-state index contributed by atoms with van der Waals surface area (Å²) in [6.07, 6.45) is 0.428. The van der Waals surface area contributed by atoms with Crippen molar-refractivity contribution in [2.45, 2.75) is 43.2 Å². The van der Waals surface area contributed by atoms with Gasteiger partial charge in [0.25, 0.3) is 0 Å². The zero-order chi connectivity index (χ0) is 32.3. The lowest BCUT2D eigenvalue weighted by Crippen LogP contribution is -2.43. The third kappa shape index (κ3) is 4.87. The lowest BCUT2D eigenvalue weighted by atomic mass is 9.95. The number of carbonyl (C=O) groups excluding carboxylic acids is 1. The number of rotatable bonds is 7. The first-order chi connectivity index (χ1) is 22.1. The molecule has 3 fully saturated rings. The van der Waals surface area contributed by atoms with Gasteiger partial charge in [-0.3, -0.25) is 14.7 Å². The summed E-state index contributed by atoms with van der Waals surface area (Å²) in [6, 6.07) is 4.11. The van der Waals surface area contributed by atoms with Crippen LogP contribution in [0.15, 0.2) is 31.0 Å². The highest BCUT2D eigenvalue weighted by Gasteiger charge is 2.49. The Labute approximate surface area is 264 Å². The largest absolute Gasteiger partial charge is 0.469 e. The Bertz CT molecular complexity index is 1950. The number of aromatic nitrogens is 3. The Morgan fingerprint density at radius 3 is 2.87 bits per heavy atom. The molecule has 7 rings (SSSR count). The quantitative estimate of drug-likeness (QED) is 0.223. The van der Waals surface area contributed by atoms with Crippen molar-refractivity contribution >= 4 is 43.2 Å². The molecule has 3 aliphatic heterocycles. The number of nitrogens with zero attached hydrogens (tertiary/aromatic N) is 6. The summed E-state index contributed by atoms with van der Waals surface area (Å²) in [5, 5.41) is 9.91. The van der Waals surface area contributed by atoms with E-state index in [9.17, 15) is 18.8 Å². The van der Waals surface area contributed by atoms with Crippen LogP contribution in [0.4, 0.5) is 22.6 Å². The number of halogens is 4. The van der Waals surface area contributed by atoms with Crippen LogP contribution in [0.3, 0.4) is 0 Å². The van der Waals surface area contributed by atoms with Crippen molar-refractivity contribution < 1.29 is 31.8 Å². The summed E-state index contributed by atoms with van der Waals surface area (Å²) in [7, 11) is 0. The summed E-state index contributed by atoms with van der Waals surface area (Å²) >= 11 is 0.865. The van der Waals surface area contributed by atoms with Crippen molar-refractivity contribution in [1.82, 2.24) is 24.8 Å². The number of fused-ring (bicyclic) bond motifs is 3. The van der Waals surface area contributed by atoms with Crippen LogP contribution in [0.1, 0.15) is 24.8 Å². The molecular weight excluding hydrogens is 626 g/mol. The number of anilines is 1. The number of hydrogen-bond acceptors (Lipinski definition) is 10. The Kier molecular flexibility index (Phi) is 7.44. The van der Waals surface area contributed by atoms with E-state index in [0.717, 1.165) is 36.4 Å². The molecule has 3 saturated heterocycles. The molecule has 0 unspecified atom stereocenters. The second-order valence-electron chi connectivity index (χ2n) is 11.7. The number of nitriles is 1. The monoisotopic (exact) mass is 653 g/mol. The Morgan fingerprint density at radius 1 is 1.26 bits per heavy atom. The van der Waals surface area contributed by atoms with Gasteiger partial charge in [0.05, 0.1) is 34.3 Å². The fourth-order valence-corrected chi connectivity index (χ4v) is 7.75. The molecule has 3 aromatic heterocycles. The maximum absolute atomic E-state index is 16.5. The van der Waals surface area contributed by atoms with Crippen LogP contribution in [0.25, 0.3) is 32.2 Å².